The third-order valence-corrected chi connectivity index (χ3v) is 3.87. The summed E-state index contributed by atoms with van der Waals surface area (Å²) in [6, 6.07) is 1.78. The van der Waals surface area contributed by atoms with Crippen molar-refractivity contribution in [3.05, 3.63) is 16.4 Å². The van der Waals surface area contributed by atoms with Gasteiger partial charge in [0.25, 0.3) is 0 Å². The molecular formula is C9H11Cl2N3S. The van der Waals surface area contributed by atoms with Crippen LogP contribution in [0.3, 0.4) is 0 Å². The molecule has 0 N–H and O–H groups in total. The molecule has 0 aliphatic carbocycles. The molecule has 1 aliphatic rings. The molecule has 15 heavy (non-hydrogen) atoms. The van der Waals surface area contributed by atoms with Gasteiger partial charge in [0.05, 0.1) is 5.69 Å². The highest BCUT2D eigenvalue weighted by Gasteiger charge is 2.19. The van der Waals surface area contributed by atoms with E-state index in [0.717, 1.165) is 24.5 Å². The second kappa shape index (κ2) is 4.76. The summed E-state index contributed by atoms with van der Waals surface area (Å²) in [7, 11) is 0. The van der Waals surface area contributed by atoms with Crippen molar-refractivity contribution in [2.45, 2.75) is 12.2 Å². The molecule has 1 saturated heterocycles. The summed E-state index contributed by atoms with van der Waals surface area (Å²) in [5.41, 5.74) is 0.892. The Balaban J connectivity index is 2.24. The standard InChI is InChI=1S/C9H11Cl2N3S/c1-6-5-14(2-3-15-6)7-4-8(10)12-13-9(7)11/h4,6H,2-3,5H2,1H3. The number of halogens is 2. The SMILES string of the molecule is CC1CN(c2cc(Cl)nnc2Cl)CCS1. The van der Waals surface area contributed by atoms with Crippen LogP contribution in [0.15, 0.2) is 6.07 Å². The van der Waals surface area contributed by atoms with E-state index in [1.54, 1.807) is 6.07 Å². The molecule has 0 aromatic carbocycles. The summed E-state index contributed by atoms with van der Waals surface area (Å²) >= 11 is 13.8. The lowest BCUT2D eigenvalue weighted by Gasteiger charge is -2.32. The molecule has 1 aromatic rings. The van der Waals surface area contributed by atoms with Crippen LogP contribution in [0.25, 0.3) is 0 Å². The Labute approximate surface area is 103 Å². The lowest BCUT2D eigenvalue weighted by molar-refractivity contribution is 0.777. The van der Waals surface area contributed by atoms with Crippen LogP contribution in [0.1, 0.15) is 6.92 Å². The Kier molecular flexibility index (Phi) is 3.59. The summed E-state index contributed by atoms with van der Waals surface area (Å²) in [5.74, 6) is 1.11. The summed E-state index contributed by atoms with van der Waals surface area (Å²) in [6.07, 6.45) is 0. The maximum absolute atomic E-state index is 6.00. The van der Waals surface area contributed by atoms with Gasteiger partial charge < -0.3 is 4.90 Å². The highest BCUT2D eigenvalue weighted by atomic mass is 35.5. The molecule has 6 heteroatoms. The highest BCUT2D eigenvalue weighted by molar-refractivity contribution is 8.00. The molecule has 3 nitrogen and oxygen atoms in total. The summed E-state index contributed by atoms with van der Waals surface area (Å²) < 4.78 is 0. The van der Waals surface area contributed by atoms with Crippen molar-refractivity contribution in [1.82, 2.24) is 10.2 Å². The monoisotopic (exact) mass is 263 g/mol. The second-order valence-electron chi connectivity index (χ2n) is 3.47. The van der Waals surface area contributed by atoms with Crippen LogP contribution in [0.2, 0.25) is 10.3 Å². The predicted molar refractivity (Wildman–Crippen MR) is 66.2 cm³/mol. The number of hydrogen-bond donors (Lipinski definition) is 0. The smallest absolute Gasteiger partial charge is 0.175 e. The van der Waals surface area contributed by atoms with E-state index in [1.807, 2.05) is 11.8 Å². The molecule has 82 valence electrons. The first-order valence-corrected chi connectivity index (χ1v) is 6.52. The normalized spacial score (nSPS) is 21.8. The molecule has 0 spiro atoms. The molecule has 1 aromatic heterocycles. The largest absolute Gasteiger partial charge is 0.367 e. The Bertz CT molecular complexity index is 361. The van der Waals surface area contributed by atoms with Crippen molar-refractivity contribution < 1.29 is 0 Å². The van der Waals surface area contributed by atoms with Crippen LogP contribution < -0.4 is 4.90 Å². The van der Waals surface area contributed by atoms with Crippen LogP contribution in [0.5, 0.6) is 0 Å². The van der Waals surface area contributed by atoms with E-state index in [0.29, 0.717) is 15.6 Å². The minimum atomic E-state index is 0.389. The van der Waals surface area contributed by atoms with Gasteiger partial charge in [-0.15, -0.1) is 10.2 Å². The molecule has 0 bridgehead atoms. The topological polar surface area (TPSA) is 29.0 Å². The zero-order valence-corrected chi connectivity index (χ0v) is 10.6. The Morgan fingerprint density at radius 3 is 3.00 bits per heavy atom. The highest BCUT2D eigenvalue weighted by Crippen LogP contribution is 2.29. The minimum absolute atomic E-state index is 0.389. The molecule has 0 saturated carbocycles. The van der Waals surface area contributed by atoms with Gasteiger partial charge in [0.2, 0.25) is 0 Å². The number of aromatic nitrogens is 2. The van der Waals surface area contributed by atoms with Gasteiger partial charge in [0.15, 0.2) is 10.3 Å². The van der Waals surface area contributed by atoms with E-state index >= 15 is 0 Å². The third kappa shape index (κ3) is 2.68. The van der Waals surface area contributed by atoms with Gasteiger partial charge in [-0.25, -0.2) is 0 Å². The molecular weight excluding hydrogens is 253 g/mol. The quantitative estimate of drug-likeness (QED) is 0.780. The number of nitrogens with zero attached hydrogens (tertiary/aromatic N) is 3. The van der Waals surface area contributed by atoms with Crippen LogP contribution in [0.4, 0.5) is 5.69 Å². The van der Waals surface area contributed by atoms with Gasteiger partial charge in [-0.1, -0.05) is 30.1 Å². The molecule has 0 amide bonds. The fourth-order valence-corrected chi connectivity index (χ4v) is 2.97. The average Bonchev–Trinajstić information content (AvgIpc) is 2.22. The molecule has 0 radical (unpaired) electrons. The lowest BCUT2D eigenvalue weighted by atomic mass is 10.3. The molecule has 1 aliphatic heterocycles. The van der Waals surface area contributed by atoms with Gasteiger partial charge >= 0.3 is 0 Å². The van der Waals surface area contributed by atoms with Crippen molar-refractivity contribution in [2.24, 2.45) is 0 Å². The van der Waals surface area contributed by atoms with Crippen LogP contribution in [-0.4, -0.2) is 34.3 Å². The maximum Gasteiger partial charge on any atom is 0.175 e. The second-order valence-corrected chi connectivity index (χ2v) is 5.76. The average molecular weight is 264 g/mol. The van der Waals surface area contributed by atoms with E-state index in [1.165, 1.54) is 0 Å². The van der Waals surface area contributed by atoms with Gasteiger partial charge in [0.1, 0.15) is 0 Å². The summed E-state index contributed by atoms with van der Waals surface area (Å²) in [5, 5.41) is 8.95. The van der Waals surface area contributed by atoms with Gasteiger partial charge in [0, 0.05) is 30.2 Å². The van der Waals surface area contributed by atoms with Gasteiger partial charge in [-0.3, -0.25) is 0 Å². The van der Waals surface area contributed by atoms with Crippen molar-refractivity contribution in [2.75, 3.05) is 23.7 Å². The van der Waals surface area contributed by atoms with E-state index in [4.69, 9.17) is 23.2 Å². The first-order chi connectivity index (χ1) is 7.16. The molecule has 1 fully saturated rings. The van der Waals surface area contributed by atoms with Crippen molar-refractivity contribution in [1.29, 1.82) is 0 Å². The zero-order valence-electron chi connectivity index (χ0n) is 8.28. The minimum Gasteiger partial charge on any atom is -0.367 e. The Morgan fingerprint density at radius 1 is 1.47 bits per heavy atom. The zero-order chi connectivity index (χ0) is 10.8. The van der Waals surface area contributed by atoms with E-state index < -0.39 is 0 Å². The number of anilines is 1. The van der Waals surface area contributed by atoms with E-state index in [9.17, 15) is 0 Å². The third-order valence-electron chi connectivity index (χ3n) is 2.28. The summed E-state index contributed by atoms with van der Waals surface area (Å²) in [4.78, 5) is 2.21. The number of thioether (sulfide) groups is 1. The fourth-order valence-electron chi connectivity index (χ4n) is 1.60. The maximum atomic E-state index is 6.00. The fraction of sp³-hybridized carbons (Fsp3) is 0.556. The summed E-state index contributed by atoms with van der Waals surface area (Å²) in [6.45, 7) is 4.17. The van der Waals surface area contributed by atoms with Crippen molar-refractivity contribution in [3.8, 4) is 0 Å². The molecule has 2 heterocycles. The number of rotatable bonds is 1. The van der Waals surface area contributed by atoms with Crippen LogP contribution >= 0.6 is 35.0 Å². The Hall–Kier alpha value is -0.190. The predicted octanol–water partition coefficient (Wildman–Crippen LogP) is 2.73. The molecule has 1 unspecified atom stereocenters. The lowest BCUT2D eigenvalue weighted by Crippen LogP contribution is -2.36. The Morgan fingerprint density at radius 2 is 2.27 bits per heavy atom. The van der Waals surface area contributed by atoms with E-state index in [2.05, 4.69) is 22.0 Å². The van der Waals surface area contributed by atoms with Crippen molar-refractivity contribution in [3.63, 3.8) is 0 Å². The van der Waals surface area contributed by atoms with Crippen molar-refractivity contribution >= 4 is 40.7 Å². The van der Waals surface area contributed by atoms with E-state index in [-0.39, 0.29) is 0 Å². The number of hydrogen-bond acceptors (Lipinski definition) is 4. The molecule has 2 rings (SSSR count). The molecule has 1 atom stereocenters. The van der Waals surface area contributed by atoms with Gasteiger partial charge in [-0.2, -0.15) is 11.8 Å². The first-order valence-electron chi connectivity index (χ1n) is 4.72. The van der Waals surface area contributed by atoms with Crippen LogP contribution in [0, 0.1) is 0 Å². The van der Waals surface area contributed by atoms with Crippen LogP contribution in [-0.2, 0) is 0 Å². The van der Waals surface area contributed by atoms with Gasteiger partial charge in [-0.05, 0) is 0 Å². The first kappa shape index (κ1) is 11.3.